The summed E-state index contributed by atoms with van der Waals surface area (Å²) in [5, 5.41) is 3.54. The van der Waals surface area contributed by atoms with Crippen molar-refractivity contribution in [2.24, 2.45) is 0 Å². The summed E-state index contributed by atoms with van der Waals surface area (Å²) in [5.74, 6) is -1.70. The van der Waals surface area contributed by atoms with E-state index in [2.05, 4.69) is 5.32 Å². The highest BCUT2D eigenvalue weighted by molar-refractivity contribution is 8.04. The lowest BCUT2D eigenvalue weighted by atomic mass is 10.1. The first-order chi connectivity index (χ1) is 15.2. The highest BCUT2D eigenvalue weighted by atomic mass is 35.5. The second-order valence-corrected chi connectivity index (χ2v) is 9.18. The SMILES string of the molecule is Cc1ccc(C)c(NC2=C(Sc3ccc(Cl)cc3)C(=O)N(c3ccc(F)c(Cl)c3)C2=O)c1. The van der Waals surface area contributed by atoms with E-state index in [1.807, 2.05) is 32.0 Å². The molecule has 1 aliphatic rings. The maximum Gasteiger partial charge on any atom is 0.283 e. The van der Waals surface area contributed by atoms with Gasteiger partial charge in [-0.2, -0.15) is 0 Å². The van der Waals surface area contributed by atoms with E-state index in [4.69, 9.17) is 23.2 Å². The van der Waals surface area contributed by atoms with Crippen LogP contribution in [-0.4, -0.2) is 11.8 Å². The Balaban J connectivity index is 1.78. The smallest absolute Gasteiger partial charge is 0.283 e. The molecule has 0 saturated heterocycles. The minimum absolute atomic E-state index is 0.143. The molecule has 0 aromatic heterocycles. The molecule has 2 amide bonds. The summed E-state index contributed by atoms with van der Waals surface area (Å²) >= 11 is 13.0. The minimum Gasteiger partial charge on any atom is -0.350 e. The first-order valence-corrected chi connectivity index (χ1v) is 11.2. The van der Waals surface area contributed by atoms with Gasteiger partial charge in [-0.3, -0.25) is 9.59 Å². The van der Waals surface area contributed by atoms with E-state index in [9.17, 15) is 14.0 Å². The van der Waals surface area contributed by atoms with E-state index >= 15 is 0 Å². The number of nitrogens with one attached hydrogen (secondary N) is 1. The average Bonchev–Trinajstić information content (AvgIpc) is 2.98. The molecule has 0 saturated carbocycles. The van der Waals surface area contributed by atoms with Gasteiger partial charge in [0.05, 0.1) is 10.7 Å². The Bertz CT molecular complexity index is 1280. The highest BCUT2D eigenvalue weighted by Crippen LogP contribution is 2.39. The number of hydrogen-bond acceptors (Lipinski definition) is 4. The number of aryl methyl sites for hydroxylation is 2. The topological polar surface area (TPSA) is 49.4 Å². The predicted octanol–water partition coefficient (Wildman–Crippen LogP) is 6.74. The summed E-state index contributed by atoms with van der Waals surface area (Å²) < 4.78 is 13.7. The lowest BCUT2D eigenvalue weighted by Gasteiger charge is -2.16. The molecule has 1 aliphatic heterocycles. The van der Waals surface area contributed by atoms with Crippen LogP contribution in [0.15, 0.2) is 76.2 Å². The van der Waals surface area contributed by atoms with Crippen LogP contribution >= 0.6 is 35.0 Å². The molecule has 8 heteroatoms. The molecule has 4 rings (SSSR count). The Labute approximate surface area is 199 Å². The number of rotatable bonds is 5. The lowest BCUT2D eigenvalue weighted by molar-refractivity contribution is -0.120. The van der Waals surface area contributed by atoms with Gasteiger partial charge in [0.2, 0.25) is 0 Å². The number of halogens is 3. The second-order valence-electron chi connectivity index (χ2n) is 7.25. The van der Waals surface area contributed by atoms with Crippen molar-refractivity contribution in [1.82, 2.24) is 0 Å². The standard InChI is InChI=1S/C24H17Cl2FN2O2S/c1-13-3-4-14(2)20(11-13)28-21-22(32-17-8-5-15(25)6-9-17)24(31)29(23(21)30)16-7-10-19(27)18(26)12-16/h3-12,28H,1-2H3. The Morgan fingerprint density at radius 2 is 1.62 bits per heavy atom. The highest BCUT2D eigenvalue weighted by Gasteiger charge is 2.40. The maximum absolute atomic E-state index is 13.7. The van der Waals surface area contributed by atoms with E-state index in [1.165, 1.54) is 12.1 Å². The van der Waals surface area contributed by atoms with Crippen LogP contribution in [-0.2, 0) is 9.59 Å². The largest absolute Gasteiger partial charge is 0.350 e. The van der Waals surface area contributed by atoms with Crippen molar-refractivity contribution < 1.29 is 14.0 Å². The predicted molar refractivity (Wildman–Crippen MR) is 128 cm³/mol. The third-order valence-corrected chi connectivity index (χ3v) is 6.52. The third-order valence-electron chi connectivity index (χ3n) is 4.89. The number of nitrogens with zero attached hydrogens (tertiary/aromatic N) is 1. The van der Waals surface area contributed by atoms with Gasteiger partial charge in [0.1, 0.15) is 16.4 Å². The van der Waals surface area contributed by atoms with Gasteiger partial charge in [-0.25, -0.2) is 9.29 Å². The van der Waals surface area contributed by atoms with E-state index in [0.717, 1.165) is 38.8 Å². The molecule has 3 aromatic rings. The van der Waals surface area contributed by atoms with Crippen molar-refractivity contribution in [1.29, 1.82) is 0 Å². The van der Waals surface area contributed by atoms with Crippen LogP contribution in [0.25, 0.3) is 0 Å². The van der Waals surface area contributed by atoms with E-state index in [-0.39, 0.29) is 21.3 Å². The Hall–Kier alpha value is -2.80. The monoisotopic (exact) mass is 486 g/mol. The quantitative estimate of drug-likeness (QED) is 0.405. The van der Waals surface area contributed by atoms with Crippen LogP contribution in [0.1, 0.15) is 11.1 Å². The van der Waals surface area contributed by atoms with E-state index in [1.54, 1.807) is 24.3 Å². The van der Waals surface area contributed by atoms with Crippen molar-refractivity contribution in [2.45, 2.75) is 18.7 Å². The van der Waals surface area contributed by atoms with Crippen LogP contribution in [0.5, 0.6) is 0 Å². The van der Waals surface area contributed by atoms with E-state index in [0.29, 0.717) is 10.7 Å². The second kappa shape index (κ2) is 8.98. The number of benzene rings is 3. The zero-order valence-corrected chi connectivity index (χ0v) is 19.4. The molecular weight excluding hydrogens is 470 g/mol. The molecule has 0 atom stereocenters. The summed E-state index contributed by atoms with van der Waals surface area (Å²) in [5.41, 5.74) is 2.98. The molecule has 32 heavy (non-hydrogen) atoms. The third kappa shape index (κ3) is 4.39. The number of hydrogen-bond donors (Lipinski definition) is 1. The van der Waals surface area contributed by atoms with Gasteiger partial charge in [-0.15, -0.1) is 0 Å². The Morgan fingerprint density at radius 1 is 0.906 bits per heavy atom. The molecule has 162 valence electrons. The summed E-state index contributed by atoms with van der Waals surface area (Å²) in [7, 11) is 0. The number of anilines is 2. The van der Waals surface area contributed by atoms with Gasteiger partial charge < -0.3 is 5.32 Å². The van der Waals surface area contributed by atoms with Crippen molar-refractivity contribution in [3.63, 3.8) is 0 Å². The van der Waals surface area contributed by atoms with Gasteiger partial charge in [-0.05, 0) is 73.5 Å². The average molecular weight is 487 g/mol. The van der Waals surface area contributed by atoms with Gasteiger partial charge in [0.25, 0.3) is 11.8 Å². The van der Waals surface area contributed by atoms with E-state index < -0.39 is 17.6 Å². The van der Waals surface area contributed by atoms with Gasteiger partial charge in [0, 0.05) is 15.6 Å². The molecule has 1 N–H and O–H groups in total. The molecule has 0 spiro atoms. The number of carbonyl (C=O) groups is 2. The molecule has 0 radical (unpaired) electrons. The zero-order valence-electron chi connectivity index (χ0n) is 17.1. The Morgan fingerprint density at radius 3 is 2.31 bits per heavy atom. The molecule has 0 bridgehead atoms. The number of carbonyl (C=O) groups excluding carboxylic acids is 2. The van der Waals surface area contributed by atoms with Crippen molar-refractivity contribution in [3.8, 4) is 0 Å². The van der Waals surface area contributed by atoms with Crippen molar-refractivity contribution in [2.75, 3.05) is 10.2 Å². The fraction of sp³-hybridized carbons (Fsp3) is 0.0833. The molecular formula is C24H17Cl2FN2O2S. The maximum atomic E-state index is 13.7. The van der Waals surface area contributed by atoms with Crippen LogP contribution in [0.4, 0.5) is 15.8 Å². The lowest BCUT2D eigenvalue weighted by Crippen LogP contribution is -2.32. The Kier molecular flexibility index (Phi) is 6.29. The van der Waals surface area contributed by atoms with Crippen LogP contribution in [0, 0.1) is 19.7 Å². The van der Waals surface area contributed by atoms with Gasteiger partial charge in [0.15, 0.2) is 0 Å². The minimum atomic E-state index is -0.632. The summed E-state index contributed by atoms with van der Waals surface area (Å²) in [6.07, 6.45) is 0. The number of imide groups is 1. The fourth-order valence-corrected chi connectivity index (χ4v) is 4.43. The normalized spacial score (nSPS) is 13.8. The van der Waals surface area contributed by atoms with Crippen molar-refractivity contribution >= 4 is 58.2 Å². The van der Waals surface area contributed by atoms with Crippen molar-refractivity contribution in [3.05, 3.63) is 98.3 Å². The number of thioether (sulfide) groups is 1. The summed E-state index contributed by atoms with van der Waals surface area (Å²) in [4.78, 5) is 28.7. The summed E-state index contributed by atoms with van der Waals surface area (Å²) in [6, 6.07) is 16.5. The number of amides is 2. The summed E-state index contributed by atoms with van der Waals surface area (Å²) in [6.45, 7) is 3.85. The fourth-order valence-electron chi connectivity index (χ4n) is 3.20. The molecule has 4 nitrogen and oxygen atoms in total. The van der Waals surface area contributed by atoms with Gasteiger partial charge >= 0.3 is 0 Å². The molecule has 0 fully saturated rings. The first-order valence-electron chi connectivity index (χ1n) is 9.60. The zero-order chi connectivity index (χ0) is 23.0. The molecule has 0 unspecified atom stereocenters. The van der Waals surface area contributed by atoms with Crippen LogP contribution in [0.2, 0.25) is 10.0 Å². The molecule has 1 heterocycles. The van der Waals surface area contributed by atoms with Crippen LogP contribution < -0.4 is 10.2 Å². The first kappa shape index (κ1) is 22.4. The molecule has 0 aliphatic carbocycles. The van der Waals surface area contributed by atoms with Gasteiger partial charge in [-0.1, -0.05) is 47.1 Å². The molecule has 3 aromatic carbocycles. The van der Waals surface area contributed by atoms with Crippen LogP contribution in [0.3, 0.4) is 0 Å².